The predicted molar refractivity (Wildman–Crippen MR) is 111 cm³/mol. The fourth-order valence-corrected chi connectivity index (χ4v) is 3.95. The molecule has 1 aliphatic rings. The lowest BCUT2D eigenvalue weighted by molar-refractivity contribution is -0.118. The van der Waals surface area contributed by atoms with E-state index in [2.05, 4.69) is 14.8 Å². The number of rotatable bonds is 7. The average molecular weight is 433 g/mol. The minimum absolute atomic E-state index is 0.0121. The number of hydrogen-bond donors (Lipinski definition) is 2. The predicted octanol–water partition coefficient (Wildman–Crippen LogP) is 1.54. The van der Waals surface area contributed by atoms with E-state index in [1.165, 1.54) is 31.4 Å². The van der Waals surface area contributed by atoms with Gasteiger partial charge in [0.2, 0.25) is 5.91 Å². The summed E-state index contributed by atoms with van der Waals surface area (Å²) < 4.78 is 37.4. The Labute approximate surface area is 175 Å². The van der Waals surface area contributed by atoms with Crippen LogP contribution in [-0.2, 0) is 24.3 Å². The van der Waals surface area contributed by atoms with Crippen molar-refractivity contribution in [2.75, 3.05) is 50.0 Å². The van der Waals surface area contributed by atoms with Crippen LogP contribution in [0.3, 0.4) is 0 Å². The van der Waals surface area contributed by atoms with Crippen LogP contribution in [0.1, 0.15) is 10.4 Å². The third-order valence-corrected chi connectivity index (χ3v) is 5.87. The maximum atomic E-state index is 12.5. The number of methoxy groups -OCH3 is 1. The zero-order chi connectivity index (χ0) is 21.6. The minimum Gasteiger partial charge on any atom is -0.465 e. The van der Waals surface area contributed by atoms with Gasteiger partial charge in [-0.25, -0.2) is 13.2 Å². The molecular weight excluding hydrogens is 410 g/mol. The van der Waals surface area contributed by atoms with Crippen LogP contribution in [0.4, 0.5) is 11.4 Å². The average Bonchev–Trinajstić information content (AvgIpc) is 2.75. The molecule has 10 heteroatoms. The first kappa shape index (κ1) is 21.8. The van der Waals surface area contributed by atoms with Crippen molar-refractivity contribution < 1.29 is 27.5 Å². The minimum atomic E-state index is -3.83. The summed E-state index contributed by atoms with van der Waals surface area (Å²) in [4.78, 5) is 25.6. The van der Waals surface area contributed by atoms with Crippen molar-refractivity contribution >= 4 is 33.3 Å². The quantitative estimate of drug-likeness (QED) is 0.637. The second kappa shape index (κ2) is 9.70. The van der Waals surface area contributed by atoms with Crippen molar-refractivity contribution in [3.8, 4) is 0 Å². The van der Waals surface area contributed by atoms with Crippen molar-refractivity contribution in [3.63, 3.8) is 0 Å². The van der Waals surface area contributed by atoms with Gasteiger partial charge in [-0.05, 0) is 48.5 Å². The molecule has 0 spiro atoms. The highest BCUT2D eigenvalue weighted by Crippen LogP contribution is 2.19. The smallest absolute Gasteiger partial charge is 0.337 e. The number of hydrogen-bond acceptors (Lipinski definition) is 7. The van der Waals surface area contributed by atoms with Crippen LogP contribution in [0.5, 0.6) is 0 Å². The molecule has 0 bridgehead atoms. The molecule has 9 nitrogen and oxygen atoms in total. The number of sulfonamides is 1. The molecule has 0 atom stereocenters. The molecule has 0 aliphatic carbocycles. The number of benzene rings is 2. The Morgan fingerprint density at radius 3 is 2.20 bits per heavy atom. The van der Waals surface area contributed by atoms with E-state index in [0.717, 1.165) is 13.1 Å². The molecule has 1 aliphatic heterocycles. The third-order valence-electron chi connectivity index (χ3n) is 4.48. The number of ether oxygens (including phenoxy) is 2. The van der Waals surface area contributed by atoms with E-state index in [1.54, 1.807) is 24.3 Å². The van der Waals surface area contributed by atoms with E-state index < -0.39 is 16.0 Å². The Balaban J connectivity index is 1.58. The van der Waals surface area contributed by atoms with Crippen LogP contribution in [0.25, 0.3) is 0 Å². The first-order valence-electron chi connectivity index (χ1n) is 9.28. The number of nitrogens with zero attached hydrogens (tertiary/aromatic N) is 1. The zero-order valence-electron chi connectivity index (χ0n) is 16.5. The Morgan fingerprint density at radius 2 is 1.60 bits per heavy atom. The fourth-order valence-electron chi connectivity index (χ4n) is 2.89. The first-order valence-corrected chi connectivity index (χ1v) is 10.8. The third kappa shape index (κ3) is 5.78. The van der Waals surface area contributed by atoms with Gasteiger partial charge in [0, 0.05) is 24.5 Å². The van der Waals surface area contributed by atoms with Crippen molar-refractivity contribution in [2.45, 2.75) is 4.90 Å². The van der Waals surface area contributed by atoms with E-state index in [9.17, 15) is 18.0 Å². The van der Waals surface area contributed by atoms with Gasteiger partial charge < -0.3 is 14.8 Å². The molecule has 0 saturated carbocycles. The summed E-state index contributed by atoms with van der Waals surface area (Å²) in [6.45, 7) is 2.95. The van der Waals surface area contributed by atoms with Crippen molar-refractivity contribution in [1.29, 1.82) is 0 Å². The van der Waals surface area contributed by atoms with E-state index in [0.29, 0.717) is 24.6 Å². The van der Waals surface area contributed by atoms with Crippen LogP contribution < -0.4 is 10.0 Å². The molecule has 1 saturated heterocycles. The molecule has 0 aromatic heterocycles. The SMILES string of the molecule is COC(=O)c1ccc(S(=O)(=O)Nc2ccc(NC(=O)CN3CCOCC3)cc2)cc1. The van der Waals surface area contributed by atoms with Gasteiger partial charge in [0.05, 0.1) is 37.3 Å². The summed E-state index contributed by atoms with van der Waals surface area (Å²) >= 11 is 0. The van der Waals surface area contributed by atoms with E-state index in [1.807, 2.05) is 4.90 Å². The standard InChI is InChI=1S/C20H23N3O6S/c1-28-20(25)15-2-8-18(9-3-15)30(26,27)22-17-6-4-16(5-7-17)21-19(24)14-23-10-12-29-13-11-23/h2-9,22H,10-14H2,1H3,(H,21,24). The number of morpholine rings is 1. The molecule has 1 amide bonds. The maximum absolute atomic E-state index is 12.5. The highest BCUT2D eigenvalue weighted by molar-refractivity contribution is 7.92. The van der Waals surface area contributed by atoms with Crippen molar-refractivity contribution in [3.05, 3.63) is 54.1 Å². The lowest BCUT2D eigenvalue weighted by atomic mass is 10.2. The summed E-state index contributed by atoms with van der Waals surface area (Å²) in [5, 5.41) is 2.79. The largest absolute Gasteiger partial charge is 0.465 e. The van der Waals surface area contributed by atoms with Gasteiger partial charge >= 0.3 is 5.97 Å². The summed E-state index contributed by atoms with van der Waals surface area (Å²) in [6.07, 6.45) is 0. The lowest BCUT2D eigenvalue weighted by Gasteiger charge is -2.25. The molecule has 0 unspecified atom stereocenters. The molecule has 160 valence electrons. The number of amides is 1. The Morgan fingerprint density at radius 1 is 1.00 bits per heavy atom. The van der Waals surface area contributed by atoms with Gasteiger partial charge in [-0.2, -0.15) is 0 Å². The van der Waals surface area contributed by atoms with E-state index >= 15 is 0 Å². The lowest BCUT2D eigenvalue weighted by Crippen LogP contribution is -2.41. The van der Waals surface area contributed by atoms with Gasteiger partial charge in [-0.1, -0.05) is 0 Å². The Hall–Kier alpha value is -2.95. The van der Waals surface area contributed by atoms with Crippen LogP contribution in [0, 0.1) is 0 Å². The van der Waals surface area contributed by atoms with Crippen LogP contribution in [0.15, 0.2) is 53.4 Å². The van der Waals surface area contributed by atoms with E-state index in [-0.39, 0.29) is 22.9 Å². The number of anilines is 2. The summed E-state index contributed by atoms with van der Waals surface area (Å²) in [5.41, 5.74) is 1.17. The number of carbonyl (C=O) groups excluding carboxylic acids is 2. The molecule has 0 radical (unpaired) electrons. The molecule has 1 heterocycles. The van der Waals surface area contributed by atoms with Crippen LogP contribution in [-0.4, -0.2) is 65.2 Å². The molecule has 3 rings (SSSR count). The van der Waals surface area contributed by atoms with Crippen LogP contribution in [0.2, 0.25) is 0 Å². The van der Waals surface area contributed by atoms with Gasteiger partial charge in [-0.15, -0.1) is 0 Å². The highest BCUT2D eigenvalue weighted by atomic mass is 32.2. The van der Waals surface area contributed by atoms with Gasteiger partial charge in [-0.3, -0.25) is 14.4 Å². The molecule has 1 fully saturated rings. The number of nitrogens with one attached hydrogen (secondary N) is 2. The van der Waals surface area contributed by atoms with Gasteiger partial charge in [0.15, 0.2) is 0 Å². The maximum Gasteiger partial charge on any atom is 0.337 e. The Kier molecular flexibility index (Phi) is 7.03. The second-order valence-corrected chi connectivity index (χ2v) is 8.32. The fraction of sp³-hybridized carbons (Fsp3) is 0.300. The first-order chi connectivity index (χ1) is 14.4. The number of carbonyl (C=O) groups is 2. The molecular formula is C20H23N3O6S. The molecule has 2 N–H and O–H groups in total. The molecule has 2 aromatic carbocycles. The van der Waals surface area contributed by atoms with Crippen molar-refractivity contribution in [1.82, 2.24) is 4.90 Å². The molecule has 2 aromatic rings. The summed E-state index contributed by atoms with van der Waals surface area (Å²) in [7, 11) is -2.57. The van der Waals surface area contributed by atoms with Gasteiger partial charge in [0.1, 0.15) is 0 Å². The molecule has 30 heavy (non-hydrogen) atoms. The monoisotopic (exact) mass is 433 g/mol. The van der Waals surface area contributed by atoms with Crippen LogP contribution >= 0.6 is 0 Å². The topological polar surface area (TPSA) is 114 Å². The zero-order valence-corrected chi connectivity index (χ0v) is 17.3. The number of esters is 1. The van der Waals surface area contributed by atoms with Crippen molar-refractivity contribution in [2.24, 2.45) is 0 Å². The van der Waals surface area contributed by atoms with E-state index in [4.69, 9.17) is 4.74 Å². The highest BCUT2D eigenvalue weighted by Gasteiger charge is 2.16. The normalized spacial score (nSPS) is 14.7. The second-order valence-electron chi connectivity index (χ2n) is 6.64. The summed E-state index contributed by atoms with van der Waals surface area (Å²) in [5.74, 6) is -0.686. The Bertz CT molecular complexity index is 984. The van der Waals surface area contributed by atoms with Gasteiger partial charge in [0.25, 0.3) is 10.0 Å². The summed E-state index contributed by atoms with van der Waals surface area (Å²) in [6, 6.07) is 11.8.